The van der Waals surface area contributed by atoms with Crippen LogP contribution >= 0.6 is 0 Å². The van der Waals surface area contributed by atoms with Gasteiger partial charge in [0.2, 0.25) is 0 Å². The van der Waals surface area contributed by atoms with Crippen LogP contribution in [-0.4, -0.2) is 26.8 Å². The molecule has 4 heteroatoms. The van der Waals surface area contributed by atoms with E-state index in [1.54, 1.807) is 38.5 Å². The summed E-state index contributed by atoms with van der Waals surface area (Å²) in [6.45, 7) is 0. The molecule has 2 rings (SSSR count). The van der Waals surface area contributed by atoms with E-state index in [9.17, 15) is 9.59 Å². The van der Waals surface area contributed by atoms with E-state index in [-0.39, 0.29) is 0 Å². The Morgan fingerprint density at radius 3 is 1.55 bits per heavy atom. The van der Waals surface area contributed by atoms with E-state index in [2.05, 4.69) is 0 Å². The van der Waals surface area contributed by atoms with Gasteiger partial charge in [-0.3, -0.25) is 9.59 Å². The molecule has 2 aromatic rings. The molecule has 0 aromatic heterocycles. The predicted molar refractivity (Wildman–Crippen MR) is 75.8 cm³/mol. The van der Waals surface area contributed by atoms with Crippen molar-refractivity contribution in [2.75, 3.05) is 14.2 Å². The fourth-order valence-electron chi connectivity index (χ4n) is 1.95. The summed E-state index contributed by atoms with van der Waals surface area (Å²) in [6, 6.07) is 10.4. The number of aldehydes is 2. The third-order valence-corrected chi connectivity index (χ3v) is 2.93. The lowest BCUT2D eigenvalue weighted by atomic mass is 10.00. The molecule has 0 aliphatic rings. The zero-order chi connectivity index (χ0) is 14.5. The molecule has 0 aliphatic carbocycles. The molecule has 0 saturated heterocycles. The smallest absolute Gasteiger partial charge is 0.150 e. The Morgan fingerprint density at radius 2 is 1.15 bits per heavy atom. The highest BCUT2D eigenvalue weighted by atomic mass is 16.5. The van der Waals surface area contributed by atoms with Gasteiger partial charge in [-0.15, -0.1) is 0 Å². The minimum atomic E-state index is 0.450. The fraction of sp³-hybridized carbons (Fsp3) is 0.125. The lowest BCUT2D eigenvalue weighted by Gasteiger charge is -2.09. The van der Waals surface area contributed by atoms with Gasteiger partial charge in [-0.25, -0.2) is 0 Å². The van der Waals surface area contributed by atoms with Crippen molar-refractivity contribution in [1.29, 1.82) is 0 Å². The van der Waals surface area contributed by atoms with Gasteiger partial charge in [-0.2, -0.15) is 0 Å². The van der Waals surface area contributed by atoms with Gasteiger partial charge in [-0.05, 0) is 41.5 Å². The van der Waals surface area contributed by atoms with Crippen LogP contribution in [0.15, 0.2) is 36.4 Å². The van der Waals surface area contributed by atoms with Crippen LogP contribution in [0.4, 0.5) is 0 Å². The van der Waals surface area contributed by atoms with Gasteiger partial charge in [0.25, 0.3) is 0 Å². The van der Waals surface area contributed by atoms with Gasteiger partial charge >= 0.3 is 0 Å². The fourth-order valence-corrected chi connectivity index (χ4v) is 1.95. The predicted octanol–water partition coefficient (Wildman–Crippen LogP) is 3.00. The molecule has 0 bridgehead atoms. The molecule has 0 aliphatic heterocycles. The van der Waals surface area contributed by atoms with Crippen LogP contribution in [0.5, 0.6) is 11.5 Å². The summed E-state index contributed by atoms with van der Waals surface area (Å²) in [5, 5.41) is 0. The molecule has 0 spiro atoms. The van der Waals surface area contributed by atoms with E-state index < -0.39 is 0 Å². The number of methoxy groups -OCH3 is 2. The molecule has 102 valence electrons. The quantitative estimate of drug-likeness (QED) is 0.784. The van der Waals surface area contributed by atoms with Crippen molar-refractivity contribution in [1.82, 2.24) is 0 Å². The minimum absolute atomic E-state index is 0.450. The first-order valence-electron chi connectivity index (χ1n) is 5.99. The van der Waals surface area contributed by atoms with Crippen molar-refractivity contribution in [3.8, 4) is 22.6 Å². The van der Waals surface area contributed by atoms with Gasteiger partial charge in [0, 0.05) is 17.2 Å². The summed E-state index contributed by atoms with van der Waals surface area (Å²) in [5.41, 5.74) is 2.47. The van der Waals surface area contributed by atoms with Gasteiger partial charge in [-0.1, -0.05) is 0 Å². The molecule has 4 nitrogen and oxygen atoms in total. The first-order valence-corrected chi connectivity index (χ1v) is 5.99. The van der Waals surface area contributed by atoms with Crippen LogP contribution in [0.3, 0.4) is 0 Å². The molecule has 2 aromatic carbocycles. The number of ether oxygens (including phenoxy) is 2. The van der Waals surface area contributed by atoms with Crippen molar-refractivity contribution < 1.29 is 19.1 Å². The SMILES string of the molecule is COc1cc(OC)cc(-c2cc(C=O)cc(C=O)c2)c1. The summed E-state index contributed by atoms with van der Waals surface area (Å²) in [6.07, 6.45) is 1.43. The number of hydrogen-bond acceptors (Lipinski definition) is 4. The molecular formula is C16H14O4. The molecular weight excluding hydrogens is 256 g/mol. The molecule has 0 atom stereocenters. The first kappa shape index (κ1) is 13.8. The van der Waals surface area contributed by atoms with Crippen LogP contribution < -0.4 is 9.47 Å². The van der Waals surface area contributed by atoms with E-state index in [4.69, 9.17) is 9.47 Å². The van der Waals surface area contributed by atoms with Gasteiger partial charge < -0.3 is 9.47 Å². The van der Waals surface area contributed by atoms with E-state index in [1.165, 1.54) is 0 Å². The highest BCUT2D eigenvalue weighted by Gasteiger charge is 2.07. The van der Waals surface area contributed by atoms with Crippen molar-refractivity contribution in [2.45, 2.75) is 0 Å². The standard InChI is InChI=1S/C16H14O4/c1-19-15-6-14(7-16(8-15)20-2)13-4-11(9-17)3-12(5-13)10-18/h3-10H,1-2H3. The Kier molecular flexibility index (Phi) is 4.15. The lowest BCUT2D eigenvalue weighted by Crippen LogP contribution is -1.91. The Bertz CT molecular complexity index is 598. The van der Waals surface area contributed by atoms with Crippen LogP contribution in [0, 0.1) is 0 Å². The molecule has 0 unspecified atom stereocenters. The topological polar surface area (TPSA) is 52.6 Å². The van der Waals surface area contributed by atoms with Crippen LogP contribution in [0.1, 0.15) is 20.7 Å². The minimum Gasteiger partial charge on any atom is -0.497 e. The number of benzene rings is 2. The molecule has 0 saturated carbocycles. The third-order valence-electron chi connectivity index (χ3n) is 2.93. The van der Waals surface area contributed by atoms with Crippen molar-refractivity contribution in [3.05, 3.63) is 47.5 Å². The molecule has 0 N–H and O–H groups in total. The highest BCUT2D eigenvalue weighted by molar-refractivity contribution is 5.86. The van der Waals surface area contributed by atoms with Crippen LogP contribution in [0.2, 0.25) is 0 Å². The van der Waals surface area contributed by atoms with Gasteiger partial charge in [0.1, 0.15) is 24.1 Å². The maximum atomic E-state index is 10.9. The zero-order valence-corrected chi connectivity index (χ0v) is 11.3. The second-order valence-corrected chi connectivity index (χ2v) is 4.23. The largest absolute Gasteiger partial charge is 0.497 e. The maximum Gasteiger partial charge on any atom is 0.150 e. The molecule has 0 fully saturated rings. The summed E-state index contributed by atoms with van der Waals surface area (Å²) >= 11 is 0. The van der Waals surface area contributed by atoms with E-state index in [1.807, 2.05) is 12.1 Å². The van der Waals surface area contributed by atoms with Crippen molar-refractivity contribution in [2.24, 2.45) is 0 Å². The van der Waals surface area contributed by atoms with E-state index >= 15 is 0 Å². The van der Waals surface area contributed by atoms with E-state index in [0.29, 0.717) is 35.2 Å². The highest BCUT2D eigenvalue weighted by Crippen LogP contribution is 2.30. The second kappa shape index (κ2) is 6.02. The van der Waals surface area contributed by atoms with Crippen LogP contribution in [-0.2, 0) is 0 Å². The molecule has 0 amide bonds. The van der Waals surface area contributed by atoms with Crippen molar-refractivity contribution >= 4 is 12.6 Å². The Morgan fingerprint density at radius 1 is 0.700 bits per heavy atom. The number of carbonyl (C=O) groups excluding carboxylic acids is 2. The Balaban J connectivity index is 2.60. The Labute approximate surface area is 116 Å². The Hall–Kier alpha value is -2.62. The summed E-state index contributed by atoms with van der Waals surface area (Å²) in [5.74, 6) is 1.28. The molecule has 20 heavy (non-hydrogen) atoms. The first-order chi connectivity index (χ1) is 9.69. The lowest BCUT2D eigenvalue weighted by molar-refractivity contribution is 0.112. The van der Waals surface area contributed by atoms with Crippen molar-refractivity contribution in [3.63, 3.8) is 0 Å². The molecule has 0 radical (unpaired) electrons. The average molecular weight is 270 g/mol. The maximum absolute atomic E-state index is 10.9. The van der Waals surface area contributed by atoms with Gasteiger partial charge in [0.05, 0.1) is 14.2 Å². The summed E-state index contributed by atoms with van der Waals surface area (Å²) in [7, 11) is 3.13. The summed E-state index contributed by atoms with van der Waals surface area (Å²) < 4.78 is 10.4. The number of hydrogen-bond donors (Lipinski definition) is 0. The monoisotopic (exact) mass is 270 g/mol. The van der Waals surface area contributed by atoms with Crippen LogP contribution in [0.25, 0.3) is 11.1 Å². The zero-order valence-electron chi connectivity index (χ0n) is 11.3. The normalized spacial score (nSPS) is 9.90. The second-order valence-electron chi connectivity index (χ2n) is 4.23. The van der Waals surface area contributed by atoms with E-state index in [0.717, 1.165) is 11.1 Å². The van der Waals surface area contributed by atoms with Gasteiger partial charge in [0.15, 0.2) is 0 Å². The number of carbonyl (C=O) groups is 2. The molecule has 0 heterocycles. The average Bonchev–Trinajstić information content (AvgIpc) is 2.53. The number of rotatable bonds is 5. The summed E-state index contributed by atoms with van der Waals surface area (Å²) in [4.78, 5) is 21.9. The third kappa shape index (κ3) is 2.85.